The topological polar surface area (TPSA) is 63.0 Å². The molecule has 2 aromatic carbocycles. The standard InChI is InChI=1S/C26H29ClN2O4/c1-16(2)10-13-32-19-7-5-6-17(14-19)23-22-24(30)20-15-18(27)8-9-21(20)33-25(22)26(31)29(23)12-11-28(3)4/h5-9,14-16,23H,10-13H2,1-4H3. The molecule has 0 saturated heterocycles. The molecular formula is C26H29ClN2O4. The van der Waals surface area contributed by atoms with Crippen LogP contribution in [0.15, 0.2) is 51.7 Å². The molecule has 1 amide bonds. The number of hydrogen-bond donors (Lipinski definition) is 0. The van der Waals surface area contributed by atoms with E-state index in [2.05, 4.69) is 13.8 Å². The molecule has 0 N–H and O–H groups in total. The van der Waals surface area contributed by atoms with Gasteiger partial charge in [-0.3, -0.25) is 9.59 Å². The minimum atomic E-state index is -0.555. The Hall–Kier alpha value is -2.83. The first-order valence-electron chi connectivity index (χ1n) is 11.2. The van der Waals surface area contributed by atoms with Crippen LogP contribution in [0.2, 0.25) is 5.02 Å². The Morgan fingerprint density at radius 2 is 1.94 bits per heavy atom. The number of rotatable bonds is 8. The Labute approximate surface area is 198 Å². The minimum Gasteiger partial charge on any atom is -0.494 e. The molecule has 2 heterocycles. The molecule has 1 aromatic heterocycles. The third kappa shape index (κ3) is 4.77. The van der Waals surface area contributed by atoms with Crippen molar-refractivity contribution in [2.24, 2.45) is 5.92 Å². The molecule has 1 aliphatic rings. The third-order valence-corrected chi connectivity index (χ3v) is 6.09. The van der Waals surface area contributed by atoms with Gasteiger partial charge < -0.3 is 19.0 Å². The number of carbonyl (C=O) groups is 1. The highest BCUT2D eigenvalue weighted by molar-refractivity contribution is 6.31. The average Bonchev–Trinajstić information content (AvgIpc) is 3.05. The lowest BCUT2D eigenvalue weighted by molar-refractivity contribution is 0.0716. The van der Waals surface area contributed by atoms with E-state index in [1.165, 1.54) is 0 Å². The number of ether oxygens (including phenoxy) is 1. The van der Waals surface area contributed by atoms with Crippen molar-refractivity contribution < 1.29 is 13.9 Å². The first-order chi connectivity index (χ1) is 15.8. The van der Waals surface area contributed by atoms with Crippen molar-refractivity contribution in [1.82, 2.24) is 9.80 Å². The molecule has 1 atom stereocenters. The normalized spacial score (nSPS) is 15.7. The number of nitrogens with zero attached hydrogens (tertiary/aromatic N) is 2. The van der Waals surface area contributed by atoms with Crippen LogP contribution >= 0.6 is 11.6 Å². The molecule has 0 fully saturated rings. The van der Waals surface area contributed by atoms with Crippen LogP contribution in [0, 0.1) is 5.92 Å². The summed E-state index contributed by atoms with van der Waals surface area (Å²) in [6, 6.07) is 12.0. The van der Waals surface area contributed by atoms with Crippen molar-refractivity contribution in [3.8, 4) is 5.75 Å². The quantitative estimate of drug-likeness (QED) is 0.466. The number of benzene rings is 2. The summed E-state index contributed by atoms with van der Waals surface area (Å²) in [6.07, 6.45) is 0.945. The summed E-state index contributed by atoms with van der Waals surface area (Å²) in [5, 5.41) is 0.818. The van der Waals surface area contributed by atoms with E-state index in [-0.39, 0.29) is 17.1 Å². The highest BCUT2D eigenvalue weighted by Crippen LogP contribution is 2.39. The van der Waals surface area contributed by atoms with Crippen molar-refractivity contribution in [2.75, 3.05) is 33.8 Å². The molecule has 0 bridgehead atoms. The van der Waals surface area contributed by atoms with E-state index >= 15 is 0 Å². The molecule has 3 aromatic rings. The predicted octanol–water partition coefficient (Wildman–Crippen LogP) is 4.98. The zero-order valence-electron chi connectivity index (χ0n) is 19.4. The smallest absolute Gasteiger partial charge is 0.290 e. The molecule has 6 nitrogen and oxygen atoms in total. The van der Waals surface area contributed by atoms with E-state index in [9.17, 15) is 9.59 Å². The zero-order chi connectivity index (χ0) is 23.7. The summed E-state index contributed by atoms with van der Waals surface area (Å²) >= 11 is 6.15. The number of fused-ring (bicyclic) bond motifs is 2. The molecule has 7 heteroatoms. The first kappa shape index (κ1) is 23.3. The van der Waals surface area contributed by atoms with Crippen molar-refractivity contribution in [3.63, 3.8) is 0 Å². The number of amides is 1. The van der Waals surface area contributed by atoms with Gasteiger partial charge in [-0.15, -0.1) is 0 Å². The fourth-order valence-electron chi connectivity index (χ4n) is 4.06. The van der Waals surface area contributed by atoms with E-state index in [4.69, 9.17) is 20.8 Å². The molecule has 0 spiro atoms. The fraction of sp³-hybridized carbons (Fsp3) is 0.385. The SMILES string of the molecule is CC(C)CCOc1cccc(C2c3c(oc4ccc(Cl)cc4c3=O)C(=O)N2CCN(C)C)c1. The van der Waals surface area contributed by atoms with Gasteiger partial charge in [-0.1, -0.05) is 37.6 Å². The van der Waals surface area contributed by atoms with Crippen LogP contribution in [0.5, 0.6) is 5.75 Å². The summed E-state index contributed by atoms with van der Waals surface area (Å²) in [5.74, 6) is 1.08. The lowest BCUT2D eigenvalue weighted by Gasteiger charge is -2.26. The van der Waals surface area contributed by atoms with Gasteiger partial charge in [-0.2, -0.15) is 0 Å². The van der Waals surface area contributed by atoms with E-state index < -0.39 is 6.04 Å². The average molecular weight is 469 g/mol. The highest BCUT2D eigenvalue weighted by atomic mass is 35.5. The van der Waals surface area contributed by atoms with E-state index in [1.807, 2.05) is 43.3 Å². The van der Waals surface area contributed by atoms with E-state index in [0.717, 1.165) is 17.7 Å². The molecule has 1 aliphatic heterocycles. The molecule has 33 heavy (non-hydrogen) atoms. The number of likely N-dealkylation sites (N-methyl/N-ethyl adjacent to an activating group) is 1. The fourth-order valence-corrected chi connectivity index (χ4v) is 4.24. The summed E-state index contributed by atoms with van der Waals surface area (Å²) < 4.78 is 11.9. The first-order valence-corrected chi connectivity index (χ1v) is 11.6. The molecule has 174 valence electrons. The van der Waals surface area contributed by atoms with Crippen LogP contribution in [-0.4, -0.2) is 49.5 Å². The van der Waals surface area contributed by atoms with Gasteiger partial charge in [0.25, 0.3) is 5.91 Å². The third-order valence-electron chi connectivity index (χ3n) is 5.85. The summed E-state index contributed by atoms with van der Waals surface area (Å²) in [4.78, 5) is 30.7. The van der Waals surface area contributed by atoms with Gasteiger partial charge in [0.2, 0.25) is 5.76 Å². The van der Waals surface area contributed by atoms with Crippen molar-refractivity contribution in [1.29, 1.82) is 0 Å². The van der Waals surface area contributed by atoms with Crippen LogP contribution in [-0.2, 0) is 0 Å². The van der Waals surface area contributed by atoms with Crippen LogP contribution < -0.4 is 10.2 Å². The van der Waals surface area contributed by atoms with Crippen LogP contribution in [0.4, 0.5) is 0 Å². The van der Waals surface area contributed by atoms with Gasteiger partial charge in [-0.05, 0) is 62.3 Å². The Bertz CT molecular complexity index is 1230. The monoisotopic (exact) mass is 468 g/mol. The minimum absolute atomic E-state index is 0.102. The van der Waals surface area contributed by atoms with Crippen LogP contribution in [0.3, 0.4) is 0 Å². The van der Waals surface area contributed by atoms with Crippen molar-refractivity contribution in [2.45, 2.75) is 26.3 Å². The summed E-state index contributed by atoms with van der Waals surface area (Å²) in [7, 11) is 3.90. The summed E-state index contributed by atoms with van der Waals surface area (Å²) in [6.45, 7) is 6.02. The zero-order valence-corrected chi connectivity index (χ0v) is 20.2. The second kappa shape index (κ2) is 9.57. The molecule has 1 unspecified atom stereocenters. The highest BCUT2D eigenvalue weighted by Gasteiger charge is 2.42. The largest absolute Gasteiger partial charge is 0.494 e. The van der Waals surface area contributed by atoms with Gasteiger partial charge in [-0.25, -0.2) is 0 Å². The second-order valence-corrected chi connectivity index (χ2v) is 9.56. The van der Waals surface area contributed by atoms with Gasteiger partial charge in [0.15, 0.2) is 5.43 Å². The van der Waals surface area contributed by atoms with Gasteiger partial charge >= 0.3 is 0 Å². The second-order valence-electron chi connectivity index (χ2n) is 9.12. The maximum atomic E-state index is 13.6. The predicted molar refractivity (Wildman–Crippen MR) is 130 cm³/mol. The van der Waals surface area contributed by atoms with E-state index in [1.54, 1.807) is 23.1 Å². The maximum Gasteiger partial charge on any atom is 0.290 e. The summed E-state index contributed by atoms with van der Waals surface area (Å²) in [5.41, 5.74) is 1.30. The number of hydrogen-bond acceptors (Lipinski definition) is 5. The van der Waals surface area contributed by atoms with Crippen molar-refractivity contribution >= 4 is 28.5 Å². The van der Waals surface area contributed by atoms with Gasteiger partial charge in [0.05, 0.1) is 23.6 Å². The molecule has 0 saturated carbocycles. The maximum absolute atomic E-state index is 13.6. The van der Waals surface area contributed by atoms with Crippen LogP contribution in [0.1, 0.15) is 48.0 Å². The lowest BCUT2D eigenvalue weighted by atomic mass is 9.98. The number of carbonyl (C=O) groups excluding carboxylic acids is 1. The Balaban J connectivity index is 1.81. The van der Waals surface area contributed by atoms with Gasteiger partial charge in [0.1, 0.15) is 11.3 Å². The van der Waals surface area contributed by atoms with Crippen LogP contribution in [0.25, 0.3) is 11.0 Å². The van der Waals surface area contributed by atoms with Gasteiger partial charge in [0, 0.05) is 18.1 Å². The molecule has 0 aliphatic carbocycles. The Morgan fingerprint density at radius 3 is 2.67 bits per heavy atom. The van der Waals surface area contributed by atoms with E-state index in [0.29, 0.717) is 47.2 Å². The molecule has 4 rings (SSSR count). The Morgan fingerprint density at radius 1 is 1.15 bits per heavy atom. The number of halogens is 1. The molecule has 0 radical (unpaired) electrons. The lowest BCUT2D eigenvalue weighted by Crippen LogP contribution is -2.35. The Kier molecular flexibility index (Phi) is 6.77. The van der Waals surface area contributed by atoms with Crippen molar-refractivity contribution in [3.05, 3.63) is 74.6 Å². The molecular weight excluding hydrogens is 440 g/mol.